The number of ether oxygens (including phenoxy) is 2. The molecular weight excluding hydrogens is 410 g/mol. The smallest absolute Gasteiger partial charge is 0.220 e. The number of rotatable bonds is 14. The molecule has 0 atom stereocenters. The van der Waals surface area contributed by atoms with Crippen molar-refractivity contribution < 1.29 is 14.3 Å². The van der Waals surface area contributed by atoms with Crippen LogP contribution in [-0.2, 0) is 11.2 Å². The van der Waals surface area contributed by atoms with E-state index < -0.39 is 0 Å². The normalized spacial score (nSPS) is 15.3. The highest BCUT2D eigenvalue weighted by molar-refractivity contribution is 5.75. The Kier molecular flexibility index (Phi) is 11.1. The quantitative estimate of drug-likeness (QED) is 0.291. The maximum absolute atomic E-state index is 12.2. The molecule has 1 aliphatic rings. The lowest BCUT2D eigenvalue weighted by molar-refractivity contribution is -0.121. The van der Waals surface area contributed by atoms with Crippen LogP contribution in [0.1, 0.15) is 118 Å². The number of carbonyl (C=O) groups excluding carboxylic acids is 1. The molecule has 33 heavy (non-hydrogen) atoms. The summed E-state index contributed by atoms with van der Waals surface area (Å²) < 4.78 is 12.6. The van der Waals surface area contributed by atoms with Gasteiger partial charge in [-0.15, -0.1) is 0 Å². The fraction of sp³-hybridized carbons (Fsp3) is 0.759. The fourth-order valence-corrected chi connectivity index (χ4v) is 4.23. The molecule has 0 radical (unpaired) electrons. The van der Waals surface area contributed by atoms with Crippen molar-refractivity contribution in [3.63, 3.8) is 0 Å². The monoisotopic (exact) mass is 459 g/mol. The fourth-order valence-electron chi connectivity index (χ4n) is 4.23. The van der Waals surface area contributed by atoms with Gasteiger partial charge in [0.2, 0.25) is 5.91 Å². The van der Waals surface area contributed by atoms with Crippen LogP contribution in [0.5, 0.6) is 11.5 Å². The van der Waals surface area contributed by atoms with Gasteiger partial charge in [-0.25, -0.2) is 0 Å². The lowest BCUT2D eigenvalue weighted by Gasteiger charge is -2.29. The maximum atomic E-state index is 12.2. The van der Waals surface area contributed by atoms with Crippen LogP contribution in [0.15, 0.2) is 18.2 Å². The van der Waals surface area contributed by atoms with Gasteiger partial charge in [0.05, 0.1) is 0 Å². The first kappa shape index (κ1) is 27.5. The predicted octanol–water partition coefficient (Wildman–Crippen LogP) is 7.62. The van der Waals surface area contributed by atoms with Gasteiger partial charge in [-0.2, -0.15) is 0 Å². The summed E-state index contributed by atoms with van der Waals surface area (Å²) in [4.78, 5) is 12.2. The second-order valence-electron chi connectivity index (χ2n) is 11.0. The van der Waals surface area contributed by atoms with E-state index in [4.69, 9.17) is 9.47 Å². The summed E-state index contributed by atoms with van der Waals surface area (Å²) in [6, 6.07) is 6.26. The highest BCUT2D eigenvalue weighted by Crippen LogP contribution is 2.32. The minimum Gasteiger partial charge on any atom is -0.488 e. The molecule has 1 aromatic carbocycles. The van der Waals surface area contributed by atoms with Crippen LogP contribution in [0.3, 0.4) is 0 Å². The predicted molar refractivity (Wildman–Crippen MR) is 138 cm³/mol. The molecule has 0 heterocycles. The molecular formula is C29H49NO3. The summed E-state index contributed by atoms with van der Waals surface area (Å²) in [6.45, 7) is 13.5. The van der Waals surface area contributed by atoms with E-state index in [2.05, 4.69) is 65.1 Å². The van der Waals surface area contributed by atoms with Crippen molar-refractivity contribution in [3.05, 3.63) is 23.8 Å². The number of benzene rings is 1. The van der Waals surface area contributed by atoms with Crippen LogP contribution >= 0.6 is 0 Å². The number of carbonyl (C=O) groups is 1. The van der Waals surface area contributed by atoms with E-state index in [0.717, 1.165) is 62.5 Å². The van der Waals surface area contributed by atoms with Gasteiger partial charge in [-0.1, -0.05) is 52.0 Å². The topological polar surface area (TPSA) is 47.6 Å². The van der Waals surface area contributed by atoms with Gasteiger partial charge in [0.15, 0.2) is 0 Å². The Balaban J connectivity index is 1.83. The molecule has 0 unspecified atom stereocenters. The van der Waals surface area contributed by atoms with Gasteiger partial charge in [0.25, 0.3) is 0 Å². The number of amides is 1. The summed E-state index contributed by atoms with van der Waals surface area (Å²) in [5.74, 6) is 2.76. The van der Waals surface area contributed by atoms with Gasteiger partial charge in [-0.3, -0.25) is 4.79 Å². The highest BCUT2D eigenvalue weighted by Gasteiger charge is 2.21. The van der Waals surface area contributed by atoms with Gasteiger partial charge in [-0.05, 0) is 83.8 Å². The average molecular weight is 460 g/mol. The summed E-state index contributed by atoms with van der Waals surface area (Å²) in [6.07, 6.45) is 13.2. The van der Waals surface area contributed by atoms with Crippen molar-refractivity contribution in [2.75, 3.05) is 6.54 Å². The minimum absolute atomic E-state index is 0.200. The van der Waals surface area contributed by atoms with Gasteiger partial charge < -0.3 is 14.8 Å². The average Bonchev–Trinajstić information content (AvgIpc) is 2.79. The third-order valence-electron chi connectivity index (χ3n) is 7.22. The molecule has 4 heteroatoms. The Hall–Kier alpha value is -1.71. The Morgan fingerprint density at radius 3 is 2.30 bits per heavy atom. The summed E-state index contributed by atoms with van der Waals surface area (Å²) in [5.41, 5.74) is 0.788. The third-order valence-corrected chi connectivity index (χ3v) is 7.22. The van der Waals surface area contributed by atoms with Crippen molar-refractivity contribution in [3.8, 4) is 11.5 Å². The van der Waals surface area contributed by atoms with Crippen molar-refractivity contribution in [1.29, 1.82) is 0 Å². The second-order valence-corrected chi connectivity index (χ2v) is 11.0. The summed E-state index contributed by atoms with van der Waals surface area (Å²) in [5, 5.41) is 3.12. The molecule has 1 N–H and O–H groups in total. The third kappa shape index (κ3) is 10.4. The molecule has 1 amide bonds. The van der Waals surface area contributed by atoms with E-state index in [1.54, 1.807) is 0 Å². The van der Waals surface area contributed by atoms with E-state index >= 15 is 0 Å². The maximum Gasteiger partial charge on any atom is 0.220 e. The molecule has 4 nitrogen and oxygen atoms in total. The van der Waals surface area contributed by atoms with Crippen LogP contribution in [0.25, 0.3) is 0 Å². The van der Waals surface area contributed by atoms with Crippen LogP contribution in [-0.4, -0.2) is 23.7 Å². The van der Waals surface area contributed by atoms with Crippen LogP contribution in [0.4, 0.5) is 0 Å². The Morgan fingerprint density at radius 2 is 1.64 bits per heavy atom. The zero-order valence-electron chi connectivity index (χ0n) is 22.2. The number of unbranched alkanes of at least 4 members (excludes halogenated alkanes) is 1. The first-order valence-electron chi connectivity index (χ1n) is 13.4. The molecule has 188 valence electrons. The van der Waals surface area contributed by atoms with Crippen LogP contribution in [0.2, 0.25) is 0 Å². The van der Waals surface area contributed by atoms with Crippen molar-refractivity contribution in [1.82, 2.24) is 5.32 Å². The first-order valence-corrected chi connectivity index (χ1v) is 13.4. The molecule has 2 rings (SSSR count). The molecule has 1 aliphatic carbocycles. The molecule has 0 aromatic heterocycles. The van der Waals surface area contributed by atoms with E-state index in [0.29, 0.717) is 6.42 Å². The van der Waals surface area contributed by atoms with Crippen LogP contribution < -0.4 is 14.8 Å². The van der Waals surface area contributed by atoms with Crippen molar-refractivity contribution in [2.24, 2.45) is 5.92 Å². The molecule has 0 aliphatic heterocycles. The van der Waals surface area contributed by atoms with E-state index in [1.807, 2.05) is 0 Å². The molecule has 1 saturated carbocycles. The Morgan fingerprint density at radius 1 is 0.970 bits per heavy atom. The summed E-state index contributed by atoms with van der Waals surface area (Å²) in [7, 11) is 0. The SMILES string of the molecule is CCC(C)(C)Oc1ccc(CCCCNC(=O)CCC2CCCCC2)c(OC(C)(C)CC)c1. The number of hydrogen-bond acceptors (Lipinski definition) is 3. The standard InChI is InChI=1S/C29H49NO3/c1-7-28(3,4)32-25-19-18-24(26(22-25)33-29(5,6)8-2)16-12-13-21-30-27(31)20-17-23-14-10-9-11-15-23/h18-19,22-23H,7-17,20-21H2,1-6H3,(H,30,31). The molecule has 1 fully saturated rings. The minimum atomic E-state index is -0.222. The number of nitrogens with one attached hydrogen (secondary N) is 1. The van der Waals surface area contributed by atoms with Gasteiger partial charge in [0.1, 0.15) is 22.7 Å². The number of aryl methyl sites for hydroxylation is 1. The van der Waals surface area contributed by atoms with E-state index in [-0.39, 0.29) is 17.1 Å². The van der Waals surface area contributed by atoms with Gasteiger partial charge in [0, 0.05) is 19.0 Å². The lowest BCUT2D eigenvalue weighted by Crippen LogP contribution is -2.28. The van der Waals surface area contributed by atoms with E-state index in [9.17, 15) is 4.79 Å². The van der Waals surface area contributed by atoms with Gasteiger partial charge >= 0.3 is 0 Å². The number of hydrogen-bond donors (Lipinski definition) is 1. The largest absolute Gasteiger partial charge is 0.488 e. The molecule has 0 spiro atoms. The molecule has 0 bridgehead atoms. The zero-order valence-corrected chi connectivity index (χ0v) is 22.2. The molecule has 0 saturated heterocycles. The Labute approximate surface area is 203 Å². The van der Waals surface area contributed by atoms with Crippen molar-refractivity contribution >= 4 is 5.91 Å². The van der Waals surface area contributed by atoms with E-state index in [1.165, 1.54) is 37.7 Å². The summed E-state index contributed by atoms with van der Waals surface area (Å²) >= 11 is 0. The lowest BCUT2D eigenvalue weighted by atomic mass is 9.86. The highest BCUT2D eigenvalue weighted by atomic mass is 16.5. The molecule has 1 aromatic rings. The van der Waals surface area contributed by atoms with Crippen molar-refractivity contribution in [2.45, 2.75) is 130 Å². The van der Waals surface area contributed by atoms with Crippen LogP contribution in [0, 0.1) is 5.92 Å². The zero-order chi connectivity index (χ0) is 24.3. The first-order chi connectivity index (χ1) is 15.6. The second kappa shape index (κ2) is 13.2. The Bertz CT molecular complexity index is 720.